The van der Waals surface area contributed by atoms with Crippen LogP contribution in [0.5, 0.6) is 0 Å². The van der Waals surface area contributed by atoms with Crippen LogP contribution in [0.25, 0.3) is 0 Å². The van der Waals surface area contributed by atoms with E-state index in [1.165, 1.54) is 12.8 Å². The van der Waals surface area contributed by atoms with E-state index < -0.39 is 0 Å². The van der Waals surface area contributed by atoms with Crippen LogP contribution in [0.3, 0.4) is 0 Å². The monoisotopic (exact) mass is 166 g/mol. The molecule has 3 nitrogen and oxygen atoms in total. The molecule has 0 aromatic rings. The molecule has 2 rings (SSSR count). The van der Waals surface area contributed by atoms with Crippen molar-refractivity contribution in [3.05, 3.63) is 0 Å². The Balaban J connectivity index is 1.96. The first-order valence-electron chi connectivity index (χ1n) is 4.61. The van der Waals surface area contributed by atoms with Crippen molar-refractivity contribution in [3.63, 3.8) is 0 Å². The number of rotatable bonds is 2. The summed E-state index contributed by atoms with van der Waals surface area (Å²) in [5.74, 6) is 0. The van der Waals surface area contributed by atoms with E-state index in [0.29, 0.717) is 12.6 Å². The van der Waals surface area contributed by atoms with Gasteiger partial charge in [-0.2, -0.15) is 5.26 Å². The van der Waals surface area contributed by atoms with Gasteiger partial charge in [-0.1, -0.05) is 0 Å². The Morgan fingerprint density at radius 1 is 1.50 bits per heavy atom. The molecule has 12 heavy (non-hydrogen) atoms. The first-order chi connectivity index (χ1) is 5.85. The molecule has 0 spiro atoms. The van der Waals surface area contributed by atoms with Gasteiger partial charge in [0.2, 0.25) is 0 Å². The summed E-state index contributed by atoms with van der Waals surface area (Å²) in [5, 5.41) is 12.4. The van der Waals surface area contributed by atoms with Crippen LogP contribution in [-0.2, 0) is 4.74 Å². The van der Waals surface area contributed by atoms with E-state index in [1.807, 2.05) is 0 Å². The van der Waals surface area contributed by atoms with E-state index in [9.17, 15) is 0 Å². The molecule has 0 amide bonds. The van der Waals surface area contributed by atoms with Crippen molar-refractivity contribution in [2.45, 2.75) is 37.3 Å². The zero-order chi connectivity index (χ0) is 8.44. The Bertz CT molecular complexity index is 199. The summed E-state index contributed by atoms with van der Waals surface area (Å²) in [6, 6.07) is 2.94. The molecule has 2 fully saturated rings. The first kappa shape index (κ1) is 8.03. The van der Waals surface area contributed by atoms with Gasteiger partial charge in [0.15, 0.2) is 0 Å². The predicted octanol–water partition coefficient (Wildman–Crippen LogP) is 0.811. The number of nitrogens with zero attached hydrogens (tertiary/aromatic N) is 1. The van der Waals surface area contributed by atoms with E-state index in [4.69, 9.17) is 10.00 Å². The molecule has 2 aliphatic rings. The molecule has 1 unspecified atom stereocenters. The van der Waals surface area contributed by atoms with Gasteiger partial charge in [-0.15, -0.1) is 0 Å². The van der Waals surface area contributed by atoms with E-state index >= 15 is 0 Å². The number of ether oxygens (including phenoxy) is 1. The quantitative estimate of drug-likeness (QED) is 0.660. The molecule has 0 bridgehead atoms. The number of hydrogen-bond donors (Lipinski definition) is 1. The van der Waals surface area contributed by atoms with Crippen molar-refractivity contribution in [2.24, 2.45) is 0 Å². The van der Waals surface area contributed by atoms with Crippen LogP contribution in [0.15, 0.2) is 0 Å². The molecule has 1 aliphatic carbocycles. The van der Waals surface area contributed by atoms with Crippen LogP contribution in [0, 0.1) is 11.3 Å². The van der Waals surface area contributed by atoms with Crippen LogP contribution in [0.4, 0.5) is 0 Å². The number of nitrogens with one attached hydrogen (secondary N) is 1. The third-order valence-electron chi connectivity index (χ3n) is 2.51. The van der Waals surface area contributed by atoms with E-state index in [0.717, 1.165) is 19.4 Å². The maximum Gasteiger partial charge on any atom is 0.130 e. The Morgan fingerprint density at radius 2 is 2.33 bits per heavy atom. The average molecular weight is 166 g/mol. The zero-order valence-electron chi connectivity index (χ0n) is 7.18. The van der Waals surface area contributed by atoms with Crippen LogP contribution in [0.2, 0.25) is 0 Å². The molecule has 1 heterocycles. The fraction of sp³-hybridized carbons (Fsp3) is 0.889. The second-order valence-electron chi connectivity index (χ2n) is 3.77. The van der Waals surface area contributed by atoms with Gasteiger partial charge < -0.3 is 4.74 Å². The van der Waals surface area contributed by atoms with Crippen LogP contribution in [-0.4, -0.2) is 24.8 Å². The maximum absolute atomic E-state index is 9.03. The van der Waals surface area contributed by atoms with Gasteiger partial charge in [-0.25, -0.2) is 0 Å². The molecule has 1 aliphatic heterocycles. The summed E-state index contributed by atoms with van der Waals surface area (Å²) in [6.45, 7) is 1.38. The summed E-state index contributed by atoms with van der Waals surface area (Å²) in [4.78, 5) is 0. The summed E-state index contributed by atoms with van der Waals surface area (Å²) >= 11 is 0. The molecule has 3 heteroatoms. The predicted molar refractivity (Wildman–Crippen MR) is 44.6 cm³/mol. The van der Waals surface area contributed by atoms with E-state index in [-0.39, 0.29) is 5.54 Å². The Kier molecular flexibility index (Phi) is 2.03. The largest absolute Gasteiger partial charge is 0.378 e. The fourth-order valence-electron chi connectivity index (χ4n) is 1.65. The highest BCUT2D eigenvalue weighted by atomic mass is 16.5. The molecule has 1 saturated carbocycles. The minimum absolute atomic E-state index is 0.362. The minimum atomic E-state index is -0.362. The molecule has 0 aromatic carbocycles. The van der Waals surface area contributed by atoms with Gasteiger partial charge in [0.1, 0.15) is 5.54 Å². The van der Waals surface area contributed by atoms with Crippen molar-refractivity contribution < 1.29 is 4.74 Å². The number of nitriles is 1. The molecule has 1 saturated heterocycles. The van der Waals surface area contributed by atoms with E-state index in [1.54, 1.807) is 0 Å². The smallest absolute Gasteiger partial charge is 0.130 e. The second-order valence-corrected chi connectivity index (χ2v) is 3.77. The van der Waals surface area contributed by atoms with Crippen molar-refractivity contribution in [1.82, 2.24) is 5.32 Å². The lowest BCUT2D eigenvalue weighted by atomic mass is 9.94. The lowest BCUT2D eigenvalue weighted by molar-refractivity contribution is 0.0435. The zero-order valence-corrected chi connectivity index (χ0v) is 7.18. The highest BCUT2D eigenvalue weighted by Gasteiger charge is 2.37. The average Bonchev–Trinajstić information content (AvgIpc) is 2.90. The fourth-order valence-corrected chi connectivity index (χ4v) is 1.65. The lowest BCUT2D eigenvalue weighted by Gasteiger charge is -2.31. The standard InChI is InChI=1S/C9H14N2O/c10-6-9(11-8-2-3-8)4-1-5-12-7-9/h8,11H,1-5,7H2. The van der Waals surface area contributed by atoms with Gasteiger partial charge in [0, 0.05) is 12.6 Å². The Labute approximate surface area is 72.7 Å². The van der Waals surface area contributed by atoms with E-state index in [2.05, 4.69) is 11.4 Å². The van der Waals surface area contributed by atoms with Crippen LogP contribution >= 0.6 is 0 Å². The maximum atomic E-state index is 9.03. The summed E-state index contributed by atoms with van der Waals surface area (Å²) in [5.41, 5.74) is -0.362. The van der Waals surface area contributed by atoms with Gasteiger partial charge in [0.05, 0.1) is 12.7 Å². The highest BCUT2D eigenvalue weighted by Crippen LogP contribution is 2.26. The van der Waals surface area contributed by atoms with Crippen LogP contribution in [0.1, 0.15) is 25.7 Å². The molecule has 1 N–H and O–H groups in total. The third-order valence-corrected chi connectivity index (χ3v) is 2.51. The van der Waals surface area contributed by atoms with Gasteiger partial charge >= 0.3 is 0 Å². The molecular weight excluding hydrogens is 152 g/mol. The minimum Gasteiger partial charge on any atom is -0.378 e. The lowest BCUT2D eigenvalue weighted by Crippen LogP contribution is -2.51. The van der Waals surface area contributed by atoms with Gasteiger partial charge in [0.25, 0.3) is 0 Å². The molecule has 1 atom stereocenters. The van der Waals surface area contributed by atoms with Gasteiger partial charge in [-0.05, 0) is 25.7 Å². The van der Waals surface area contributed by atoms with Crippen molar-refractivity contribution in [3.8, 4) is 6.07 Å². The molecule has 0 radical (unpaired) electrons. The van der Waals surface area contributed by atoms with Crippen LogP contribution < -0.4 is 5.32 Å². The van der Waals surface area contributed by atoms with Crippen molar-refractivity contribution in [1.29, 1.82) is 5.26 Å². The summed E-state index contributed by atoms with van der Waals surface area (Å²) < 4.78 is 5.32. The molecule has 0 aromatic heterocycles. The SMILES string of the molecule is N#CC1(NC2CC2)CCCOC1. The topological polar surface area (TPSA) is 45.0 Å². The third kappa shape index (κ3) is 1.60. The normalized spacial score (nSPS) is 35.9. The molecular formula is C9H14N2O. The first-order valence-corrected chi connectivity index (χ1v) is 4.61. The Hall–Kier alpha value is -0.590. The number of hydrogen-bond acceptors (Lipinski definition) is 3. The second kappa shape index (κ2) is 3.04. The molecule has 66 valence electrons. The van der Waals surface area contributed by atoms with Gasteiger partial charge in [-0.3, -0.25) is 5.32 Å². The summed E-state index contributed by atoms with van der Waals surface area (Å²) in [7, 11) is 0. The van der Waals surface area contributed by atoms with Crippen molar-refractivity contribution >= 4 is 0 Å². The summed E-state index contributed by atoms with van der Waals surface area (Å²) in [6.07, 6.45) is 4.40. The van der Waals surface area contributed by atoms with Crippen molar-refractivity contribution in [2.75, 3.05) is 13.2 Å². The highest BCUT2D eigenvalue weighted by molar-refractivity contribution is 5.11. The Morgan fingerprint density at radius 3 is 2.83 bits per heavy atom.